The summed E-state index contributed by atoms with van der Waals surface area (Å²) >= 11 is 1.75. The van der Waals surface area contributed by atoms with Crippen molar-refractivity contribution in [1.29, 1.82) is 0 Å². The minimum Gasteiger partial charge on any atom is -0.435 e. The molecule has 0 fully saturated rings. The zero-order valence-corrected chi connectivity index (χ0v) is 26.3. The smallest absolute Gasteiger partial charge is 0.227 e. The molecule has 0 atom stereocenters. The molecule has 5 nitrogen and oxygen atoms in total. The third-order valence-electron chi connectivity index (χ3n) is 8.91. The Morgan fingerprint density at radius 2 is 1.02 bits per heavy atom. The van der Waals surface area contributed by atoms with Gasteiger partial charge in [-0.2, -0.15) is 0 Å². The van der Waals surface area contributed by atoms with Gasteiger partial charge in [-0.25, -0.2) is 19.9 Å². The van der Waals surface area contributed by atoms with Gasteiger partial charge in [0.25, 0.3) is 0 Å². The van der Waals surface area contributed by atoms with E-state index in [-0.39, 0.29) is 0 Å². The number of benzene rings is 7. The van der Waals surface area contributed by atoms with Crippen LogP contribution in [0.2, 0.25) is 0 Å². The molecule has 7 aromatic carbocycles. The molecule has 10 rings (SSSR count). The molecule has 10 aromatic rings. The molecule has 224 valence electrons. The van der Waals surface area contributed by atoms with Crippen LogP contribution >= 0.6 is 11.3 Å². The predicted molar refractivity (Wildman–Crippen MR) is 197 cm³/mol. The Kier molecular flexibility index (Phi) is 5.98. The van der Waals surface area contributed by atoms with E-state index in [4.69, 9.17) is 24.4 Å². The number of oxazole rings is 1. The summed E-state index contributed by atoms with van der Waals surface area (Å²) in [5.41, 5.74) is 5.51. The fourth-order valence-electron chi connectivity index (χ4n) is 6.49. The second kappa shape index (κ2) is 10.7. The Hall–Kier alpha value is -6.24. The van der Waals surface area contributed by atoms with Crippen molar-refractivity contribution in [1.82, 2.24) is 19.9 Å². The highest BCUT2D eigenvalue weighted by Crippen LogP contribution is 2.41. The fraction of sp³-hybridized carbons (Fsp3) is 0. The number of hydrogen-bond acceptors (Lipinski definition) is 6. The molecule has 0 amide bonds. The average Bonchev–Trinajstić information content (AvgIpc) is 3.76. The van der Waals surface area contributed by atoms with Crippen molar-refractivity contribution in [3.8, 4) is 45.6 Å². The zero-order chi connectivity index (χ0) is 31.6. The van der Waals surface area contributed by atoms with Crippen molar-refractivity contribution >= 4 is 64.2 Å². The average molecular weight is 633 g/mol. The molecule has 0 bridgehead atoms. The highest BCUT2D eigenvalue weighted by Gasteiger charge is 2.17. The summed E-state index contributed by atoms with van der Waals surface area (Å²) in [7, 11) is 0. The van der Waals surface area contributed by atoms with Crippen LogP contribution in [0.25, 0.3) is 98.4 Å². The van der Waals surface area contributed by atoms with Crippen LogP contribution in [0.5, 0.6) is 0 Å². The van der Waals surface area contributed by atoms with E-state index in [1.54, 1.807) is 11.3 Å². The monoisotopic (exact) mass is 632 g/mol. The van der Waals surface area contributed by atoms with Crippen LogP contribution in [0.1, 0.15) is 0 Å². The fourth-order valence-corrected chi connectivity index (χ4v) is 7.70. The van der Waals surface area contributed by atoms with Gasteiger partial charge in [0.15, 0.2) is 23.1 Å². The molecule has 0 spiro atoms. The van der Waals surface area contributed by atoms with E-state index in [0.717, 1.165) is 59.6 Å². The van der Waals surface area contributed by atoms with Gasteiger partial charge in [-0.15, -0.1) is 11.3 Å². The quantitative estimate of drug-likeness (QED) is 0.193. The van der Waals surface area contributed by atoms with Gasteiger partial charge in [0, 0.05) is 37.7 Å². The number of fused-ring (bicyclic) bond motifs is 7. The SMILES string of the molecule is c1ccc(-c2nc(-c3ccc4ccccc4c3)nc(-c3ccc4cc5sc6c(ccc7nc(-c8ccccc8)oc76)c5cc4c3)n2)cc1. The van der Waals surface area contributed by atoms with Crippen LogP contribution < -0.4 is 0 Å². The third-order valence-corrected chi connectivity index (χ3v) is 10.1. The molecule has 0 saturated heterocycles. The van der Waals surface area contributed by atoms with Crippen molar-refractivity contribution in [2.24, 2.45) is 0 Å². The number of thiophene rings is 1. The van der Waals surface area contributed by atoms with Crippen LogP contribution in [0.15, 0.2) is 150 Å². The van der Waals surface area contributed by atoms with Crippen LogP contribution in [0, 0.1) is 0 Å². The van der Waals surface area contributed by atoms with E-state index in [2.05, 4.69) is 84.9 Å². The summed E-state index contributed by atoms with van der Waals surface area (Å²) in [5, 5.41) is 6.96. The Balaban J connectivity index is 1.12. The van der Waals surface area contributed by atoms with E-state index in [9.17, 15) is 0 Å². The Bertz CT molecular complexity index is 2840. The normalized spacial score (nSPS) is 11.8. The van der Waals surface area contributed by atoms with Gasteiger partial charge in [0.2, 0.25) is 5.89 Å². The van der Waals surface area contributed by atoms with Gasteiger partial charge in [-0.05, 0) is 64.0 Å². The number of aromatic nitrogens is 4. The zero-order valence-electron chi connectivity index (χ0n) is 25.5. The Morgan fingerprint density at radius 3 is 1.77 bits per heavy atom. The van der Waals surface area contributed by atoms with Gasteiger partial charge >= 0.3 is 0 Å². The van der Waals surface area contributed by atoms with E-state index in [1.807, 2.05) is 60.7 Å². The van der Waals surface area contributed by atoms with Gasteiger partial charge in [-0.3, -0.25) is 0 Å². The molecule has 48 heavy (non-hydrogen) atoms. The van der Waals surface area contributed by atoms with Gasteiger partial charge in [-0.1, -0.05) is 103 Å². The standard InChI is InChI=1S/C42H24N4OS/c1-3-10-26(11-4-1)39-44-40(30-17-15-25-9-7-8-14-28(25)21-30)46-41(45-39)31-18-16-29-24-36-34(23-32(29)22-31)33-19-20-35-37(38(33)48-36)47-42(43-35)27-12-5-2-6-13-27/h1-24H. The lowest BCUT2D eigenvalue weighted by Gasteiger charge is -2.10. The number of rotatable bonds is 4. The second-order valence-corrected chi connectivity index (χ2v) is 13.0. The summed E-state index contributed by atoms with van der Waals surface area (Å²) in [5.74, 6) is 2.57. The topological polar surface area (TPSA) is 64.7 Å². The third kappa shape index (κ3) is 4.46. The van der Waals surface area contributed by atoms with Crippen LogP contribution in [-0.2, 0) is 0 Å². The summed E-state index contributed by atoms with van der Waals surface area (Å²) in [6.07, 6.45) is 0. The Labute approximate surface area is 278 Å². The van der Waals surface area contributed by atoms with Crippen molar-refractivity contribution in [2.45, 2.75) is 0 Å². The molecular weight excluding hydrogens is 609 g/mol. The number of hydrogen-bond donors (Lipinski definition) is 0. The first-order chi connectivity index (χ1) is 23.7. The van der Waals surface area contributed by atoms with Crippen molar-refractivity contribution < 1.29 is 4.42 Å². The summed E-state index contributed by atoms with van der Waals surface area (Å²) in [6.45, 7) is 0. The van der Waals surface area contributed by atoms with Crippen molar-refractivity contribution in [3.63, 3.8) is 0 Å². The lowest BCUT2D eigenvalue weighted by molar-refractivity contribution is 0.623. The first-order valence-electron chi connectivity index (χ1n) is 15.8. The molecule has 0 radical (unpaired) electrons. The molecule has 0 aliphatic rings. The molecule has 3 aromatic heterocycles. The highest BCUT2D eigenvalue weighted by molar-refractivity contribution is 7.26. The molecule has 0 unspecified atom stereocenters. The summed E-state index contributed by atoms with van der Waals surface area (Å²) < 4.78 is 8.69. The van der Waals surface area contributed by atoms with Gasteiger partial charge < -0.3 is 4.42 Å². The molecule has 0 aliphatic heterocycles. The first-order valence-corrected chi connectivity index (χ1v) is 16.6. The second-order valence-electron chi connectivity index (χ2n) is 11.9. The minimum absolute atomic E-state index is 0.639. The Morgan fingerprint density at radius 1 is 0.417 bits per heavy atom. The van der Waals surface area contributed by atoms with E-state index < -0.39 is 0 Å². The maximum atomic E-state index is 6.37. The van der Waals surface area contributed by atoms with Crippen LogP contribution in [-0.4, -0.2) is 19.9 Å². The maximum absolute atomic E-state index is 6.37. The summed E-state index contributed by atoms with van der Waals surface area (Å²) in [4.78, 5) is 19.8. The van der Waals surface area contributed by atoms with Crippen LogP contribution in [0.4, 0.5) is 0 Å². The van der Waals surface area contributed by atoms with Crippen molar-refractivity contribution in [3.05, 3.63) is 146 Å². The van der Waals surface area contributed by atoms with Gasteiger partial charge in [0.05, 0.1) is 4.70 Å². The van der Waals surface area contributed by atoms with Crippen molar-refractivity contribution in [2.75, 3.05) is 0 Å². The molecule has 0 aliphatic carbocycles. The largest absolute Gasteiger partial charge is 0.435 e. The molecule has 6 heteroatoms. The lowest BCUT2D eigenvalue weighted by Crippen LogP contribution is -2.00. The van der Waals surface area contributed by atoms with E-state index >= 15 is 0 Å². The molecular formula is C42H24N4OS. The minimum atomic E-state index is 0.639. The maximum Gasteiger partial charge on any atom is 0.227 e. The van der Waals surface area contributed by atoms with Crippen LogP contribution in [0.3, 0.4) is 0 Å². The molecule has 3 heterocycles. The lowest BCUT2D eigenvalue weighted by atomic mass is 10.0. The predicted octanol–water partition coefficient (Wildman–Crippen LogP) is 11.4. The highest BCUT2D eigenvalue weighted by atomic mass is 32.1. The molecule has 0 saturated carbocycles. The van der Waals surface area contributed by atoms with E-state index in [0.29, 0.717) is 23.4 Å². The van der Waals surface area contributed by atoms with E-state index in [1.165, 1.54) is 15.5 Å². The first kappa shape index (κ1) is 26.9. The van der Waals surface area contributed by atoms with Gasteiger partial charge in [0.1, 0.15) is 5.52 Å². The molecule has 0 N–H and O–H groups in total. The number of nitrogens with zero attached hydrogens (tertiary/aromatic N) is 4. The summed E-state index contributed by atoms with van der Waals surface area (Å²) in [6, 6.07) is 50.1.